The van der Waals surface area contributed by atoms with E-state index in [0.717, 1.165) is 64.3 Å². The van der Waals surface area contributed by atoms with E-state index in [9.17, 15) is 0 Å². The molecule has 27 heavy (non-hydrogen) atoms. The van der Waals surface area contributed by atoms with Crippen molar-refractivity contribution in [3.8, 4) is 0 Å². The fourth-order valence-corrected chi connectivity index (χ4v) is 4.26. The molecule has 1 unspecified atom stereocenters. The minimum atomic E-state index is 0.244. The first-order valence-electron chi connectivity index (χ1n) is 11.1. The van der Waals surface area contributed by atoms with Crippen LogP contribution in [0.5, 0.6) is 0 Å². The zero-order valence-electron chi connectivity index (χ0n) is 18.2. The highest BCUT2D eigenvalue weighted by molar-refractivity contribution is 5.79. The molecule has 1 aliphatic heterocycles. The number of ether oxygens (including phenoxy) is 1. The highest BCUT2D eigenvalue weighted by atomic mass is 16.5. The fraction of sp³-hybridized carbons (Fsp3) is 0.952. The molecule has 0 spiro atoms. The van der Waals surface area contributed by atoms with Crippen molar-refractivity contribution in [1.29, 1.82) is 0 Å². The molecule has 1 saturated carbocycles. The van der Waals surface area contributed by atoms with Crippen LogP contribution in [0, 0.1) is 5.92 Å². The molecule has 158 valence electrons. The molecular formula is C21H43N5O. The molecule has 6 heteroatoms. The largest absolute Gasteiger partial charge is 0.374 e. The second-order valence-electron chi connectivity index (χ2n) is 8.65. The Morgan fingerprint density at radius 3 is 2.70 bits per heavy atom. The van der Waals surface area contributed by atoms with E-state index >= 15 is 0 Å². The number of aliphatic imine (C=N–C) groups is 1. The Bertz CT molecular complexity index is 423. The third-order valence-electron chi connectivity index (χ3n) is 5.75. The van der Waals surface area contributed by atoms with E-state index in [1.807, 2.05) is 7.05 Å². The number of guanidine groups is 1. The van der Waals surface area contributed by atoms with Gasteiger partial charge >= 0.3 is 0 Å². The first-order chi connectivity index (χ1) is 13.1. The summed E-state index contributed by atoms with van der Waals surface area (Å²) < 4.78 is 5.92. The summed E-state index contributed by atoms with van der Waals surface area (Å²) in [5.74, 6) is 1.60. The highest BCUT2D eigenvalue weighted by Crippen LogP contribution is 2.21. The summed E-state index contributed by atoms with van der Waals surface area (Å²) in [5.41, 5.74) is 0. The first-order valence-corrected chi connectivity index (χ1v) is 11.1. The van der Waals surface area contributed by atoms with Crippen molar-refractivity contribution in [3.63, 3.8) is 0 Å². The molecule has 2 fully saturated rings. The van der Waals surface area contributed by atoms with Crippen LogP contribution in [0.2, 0.25) is 0 Å². The lowest BCUT2D eigenvalue weighted by Crippen LogP contribution is -2.50. The first kappa shape index (κ1) is 22.4. The van der Waals surface area contributed by atoms with Crippen LogP contribution in [-0.4, -0.2) is 87.9 Å². The summed E-state index contributed by atoms with van der Waals surface area (Å²) in [6, 6.07) is 0.799. The molecule has 2 aliphatic rings. The van der Waals surface area contributed by atoms with Crippen molar-refractivity contribution in [1.82, 2.24) is 20.4 Å². The van der Waals surface area contributed by atoms with Crippen molar-refractivity contribution in [3.05, 3.63) is 0 Å². The standard InChI is InChI=1S/C21H43N5O/c1-18(2)16-26-13-14-27-20(17-26)15-24-21(22-3)23-11-8-12-25(4)19-9-6-5-7-10-19/h18-20H,5-17H2,1-4H3,(H2,22,23,24). The predicted octanol–water partition coefficient (Wildman–Crippen LogP) is 2.16. The maximum Gasteiger partial charge on any atom is 0.191 e. The summed E-state index contributed by atoms with van der Waals surface area (Å²) in [6.45, 7) is 11.5. The van der Waals surface area contributed by atoms with Gasteiger partial charge in [-0.2, -0.15) is 0 Å². The van der Waals surface area contributed by atoms with Gasteiger partial charge in [0.05, 0.1) is 12.7 Å². The summed E-state index contributed by atoms with van der Waals surface area (Å²) in [7, 11) is 4.13. The van der Waals surface area contributed by atoms with Crippen LogP contribution in [0.4, 0.5) is 0 Å². The minimum Gasteiger partial charge on any atom is -0.374 e. The van der Waals surface area contributed by atoms with Gasteiger partial charge in [-0.3, -0.25) is 9.89 Å². The maximum atomic E-state index is 5.92. The molecule has 0 aromatic heterocycles. The van der Waals surface area contributed by atoms with Gasteiger partial charge in [-0.05, 0) is 38.8 Å². The molecule has 1 saturated heterocycles. The normalized spacial score (nSPS) is 23.2. The summed E-state index contributed by atoms with van der Waals surface area (Å²) in [4.78, 5) is 9.42. The number of rotatable bonds is 9. The van der Waals surface area contributed by atoms with Crippen molar-refractivity contribution >= 4 is 5.96 Å². The van der Waals surface area contributed by atoms with Crippen LogP contribution in [0.15, 0.2) is 4.99 Å². The molecule has 1 heterocycles. The smallest absolute Gasteiger partial charge is 0.191 e. The van der Waals surface area contributed by atoms with Gasteiger partial charge in [-0.15, -0.1) is 0 Å². The summed E-state index contributed by atoms with van der Waals surface area (Å²) in [5, 5.41) is 6.89. The molecule has 0 amide bonds. The van der Waals surface area contributed by atoms with E-state index in [1.54, 1.807) is 0 Å². The lowest BCUT2D eigenvalue weighted by Gasteiger charge is -2.34. The van der Waals surface area contributed by atoms with Gasteiger partial charge in [0.1, 0.15) is 0 Å². The Kier molecular flexibility index (Phi) is 10.5. The van der Waals surface area contributed by atoms with Gasteiger partial charge in [0, 0.05) is 45.8 Å². The van der Waals surface area contributed by atoms with E-state index in [4.69, 9.17) is 4.74 Å². The van der Waals surface area contributed by atoms with Crippen LogP contribution >= 0.6 is 0 Å². The average Bonchev–Trinajstić information content (AvgIpc) is 2.67. The van der Waals surface area contributed by atoms with Crippen LogP contribution in [0.3, 0.4) is 0 Å². The van der Waals surface area contributed by atoms with Crippen LogP contribution in [0.25, 0.3) is 0 Å². The number of morpholine rings is 1. The molecular weight excluding hydrogens is 338 g/mol. The Hall–Kier alpha value is -0.850. The van der Waals surface area contributed by atoms with Gasteiger partial charge in [-0.25, -0.2) is 0 Å². The van der Waals surface area contributed by atoms with E-state index in [-0.39, 0.29) is 6.10 Å². The van der Waals surface area contributed by atoms with Gasteiger partial charge in [-0.1, -0.05) is 33.1 Å². The van der Waals surface area contributed by atoms with Gasteiger partial charge in [0.2, 0.25) is 0 Å². The van der Waals surface area contributed by atoms with Crippen molar-refractivity contribution in [2.75, 3.05) is 60.0 Å². The Labute approximate surface area is 167 Å². The quantitative estimate of drug-likeness (QED) is 0.364. The molecule has 2 N–H and O–H groups in total. The third-order valence-corrected chi connectivity index (χ3v) is 5.75. The summed E-state index contributed by atoms with van der Waals surface area (Å²) >= 11 is 0. The minimum absolute atomic E-state index is 0.244. The van der Waals surface area contributed by atoms with Crippen molar-refractivity contribution in [2.24, 2.45) is 10.9 Å². The van der Waals surface area contributed by atoms with Crippen LogP contribution in [0.1, 0.15) is 52.4 Å². The average molecular weight is 382 g/mol. The monoisotopic (exact) mass is 381 g/mol. The van der Waals surface area contributed by atoms with Crippen LogP contribution < -0.4 is 10.6 Å². The van der Waals surface area contributed by atoms with Gasteiger partial charge < -0.3 is 20.3 Å². The lowest BCUT2D eigenvalue weighted by atomic mass is 9.94. The van der Waals surface area contributed by atoms with Gasteiger partial charge in [0.25, 0.3) is 0 Å². The topological polar surface area (TPSA) is 52.1 Å². The molecule has 2 rings (SSSR count). The molecule has 6 nitrogen and oxygen atoms in total. The third kappa shape index (κ3) is 8.79. The Balaban J connectivity index is 1.58. The molecule has 1 aliphatic carbocycles. The molecule has 0 aromatic carbocycles. The highest BCUT2D eigenvalue weighted by Gasteiger charge is 2.21. The van der Waals surface area contributed by atoms with Crippen LogP contribution in [-0.2, 0) is 4.74 Å². The number of hydrogen-bond donors (Lipinski definition) is 2. The summed E-state index contributed by atoms with van der Waals surface area (Å²) in [6.07, 6.45) is 8.38. The van der Waals surface area contributed by atoms with Gasteiger partial charge in [0.15, 0.2) is 5.96 Å². The second-order valence-corrected chi connectivity index (χ2v) is 8.65. The SMILES string of the molecule is CN=C(NCCCN(C)C1CCCCC1)NCC1CN(CC(C)C)CCO1. The Morgan fingerprint density at radius 1 is 1.22 bits per heavy atom. The lowest BCUT2D eigenvalue weighted by molar-refractivity contribution is -0.0284. The number of hydrogen-bond acceptors (Lipinski definition) is 4. The fourth-order valence-electron chi connectivity index (χ4n) is 4.26. The Morgan fingerprint density at radius 2 is 2.00 bits per heavy atom. The van der Waals surface area contributed by atoms with E-state index in [2.05, 4.69) is 46.3 Å². The number of nitrogens with one attached hydrogen (secondary N) is 2. The maximum absolute atomic E-state index is 5.92. The van der Waals surface area contributed by atoms with E-state index < -0.39 is 0 Å². The second kappa shape index (κ2) is 12.6. The molecule has 0 aromatic rings. The number of nitrogens with zero attached hydrogens (tertiary/aromatic N) is 3. The molecule has 1 atom stereocenters. The van der Waals surface area contributed by atoms with Crippen molar-refractivity contribution in [2.45, 2.75) is 64.5 Å². The predicted molar refractivity (Wildman–Crippen MR) is 115 cm³/mol. The molecule has 0 bridgehead atoms. The zero-order chi connectivity index (χ0) is 19.5. The van der Waals surface area contributed by atoms with E-state index in [1.165, 1.54) is 32.1 Å². The van der Waals surface area contributed by atoms with Crippen molar-refractivity contribution < 1.29 is 4.74 Å². The zero-order valence-corrected chi connectivity index (χ0v) is 18.2. The molecule has 0 radical (unpaired) electrons. The van der Waals surface area contributed by atoms with E-state index in [0.29, 0.717) is 5.92 Å².